The molecule has 148 valence electrons. The number of carbonyl (C=O) groups excluding carboxylic acids is 1. The van der Waals surface area contributed by atoms with Gasteiger partial charge in [0.15, 0.2) is 0 Å². The Hall–Kier alpha value is -3.18. The number of carbonyl (C=O) groups is 1. The van der Waals surface area contributed by atoms with Gasteiger partial charge in [-0.1, -0.05) is 30.3 Å². The Balaban J connectivity index is 1.27. The number of benzene rings is 2. The van der Waals surface area contributed by atoms with Crippen molar-refractivity contribution < 1.29 is 9.53 Å². The monoisotopic (exact) mass is 387 g/mol. The van der Waals surface area contributed by atoms with Crippen molar-refractivity contribution in [2.75, 3.05) is 32.7 Å². The fraction of sp³-hybridized carbons (Fsp3) is 0.250. The third-order valence-corrected chi connectivity index (χ3v) is 5.19. The van der Waals surface area contributed by atoms with E-state index < -0.39 is 0 Å². The zero-order valence-electron chi connectivity index (χ0n) is 16.4. The Morgan fingerprint density at radius 1 is 0.862 bits per heavy atom. The number of hydrogen-bond donors (Lipinski definition) is 0. The number of nitrogens with zero attached hydrogens (tertiary/aromatic N) is 3. The fourth-order valence-corrected chi connectivity index (χ4v) is 3.50. The number of amides is 1. The van der Waals surface area contributed by atoms with Crippen LogP contribution in [0.3, 0.4) is 0 Å². The lowest BCUT2D eigenvalue weighted by molar-refractivity contribution is 0.0638. The summed E-state index contributed by atoms with van der Waals surface area (Å²) in [6.45, 7) is 4.40. The van der Waals surface area contributed by atoms with E-state index in [4.69, 9.17) is 4.74 Å². The van der Waals surface area contributed by atoms with Crippen molar-refractivity contribution in [3.8, 4) is 11.5 Å². The molecule has 0 N–H and O–H groups in total. The Morgan fingerprint density at radius 3 is 2.31 bits per heavy atom. The molecule has 5 heteroatoms. The summed E-state index contributed by atoms with van der Waals surface area (Å²) >= 11 is 0. The van der Waals surface area contributed by atoms with Crippen LogP contribution in [0.1, 0.15) is 15.9 Å². The molecule has 0 spiro atoms. The Kier molecular flexibility index (Phi) is 6.17. The van der Waals surface area contributed by atoms with E-state index in [1.54, 1.807) is 12.4 Å². The van der Waals surface area contributed by atoms with Gasteiger partial charge in [-0.2, -0.15) is 0 Å². The highest BCUT2D eigenvalue weighted by molar-refractivity contribution is 5.94. The second-order valence-electron chi connectivity index (χ2n) is 7.18. The summed E-state index contributed by atoms with van der Waals surface area (Å²) in [5.74, 6) is 1.46. The van der Waals surface area contributed by atoms with Crippen molar-refractivity contribution in [1.82, 2.24) is 14.8 Å². The molecule has 5 nitrogen and oxygen atoms in total. The molecule has 0 unspecified atom stereocenters. The highest BCUT2D eigenvalue weighted by atomic mass is 16.5. The molecule has 0 radical (unpaired) electrons. The predicted octanol–water partition coefficient (Wildman–Crippen LogP) is 3.87. The second-order valence-corrected chi connectivity index (χ2v) is 7.18. The molecular formula is C24H25N3O2. The van der Waals surface area contributed by atoms with E-state index in [1.165, 1.54) is 5.56 Å². The maximum atomic E-state index is 12.8. The summed E-state index contributed by atoms with van der Waals surface area (Å²) in [4.78, 5) is 21.2. The Labute approximate surface area is 171 Å². The standard InChI is InChI=1S/C24H25N3O2/c28-24(21-8-10-22(11-9-21)29-23-7-4-13-25-19-23)27-17-15-26(16-18-27)14-12-20-5-2-1-3-6-20/h1-11,13,19H,12,14-18H2. The first-order valence-corrected chi connectivity index (χ1v) is 10.0. The van der Waals surface area contributed by atoms with E-state index >= 15 is 0 Å². The van der Waals surface area contributed by atoms with Gasteiger partial charge >= 0.3 is 0 Å². The molecule has 1 aliphatic heterocycles. The topological polar surface area (TPSA) is 45.7 Å². The molecule has 1 amide bonds. The van der Waals surface area contributed by atoms with Crippen molar-refractivity contribution in [1.29, 1.82) is 0 Å². The van der Waals surface area contributed by atoms with Crippen LogP contribution < -0.4 is 4.74 Å². The van der Waals surface area contributed by atoms with E-state index in [0.717, 1.165) is 39.1 Å². The first kappa shape index (κ1) is 19.2. The summed E-state index contributed by atoms with van der Waals surface area (Å²) in [5, 5.41) is 0. The minimum absolute atomic E-state index is 0.0839. The Bertz CT molecular complexity index is 906. The highest BCUT2D eigenvalue weighted by Gasteiger charge is 2.22. The number of aromatic nitrogens is 1. The smallest absolute Gasteiger partial charge is 0.253 e. The van der Waals surface area contributed by atoms with Crippen LogP contribution in [0.5, 0.6) is 11.5 Å². The third-order valence-electron chi connectivity index (χ3n) is 5.19. The maximum Gasteiger partial charge on any atom is 0.253 e. The van der Waals surface area contributed by atoms with E-state index in [0.29, 0.717) is 17.1 Å². The number of hydrogen-bond acceptors (Lipinski definition) is 4. The second kappa shape index (κ2) is 9.34. The summed E-state index contributed by atoms with van der Waals surface area (Å²) in [5.41, 5.74) is 2.06. The van der Waals surface area contributed by atoms with E-state index in [9.17, 15) is 4.79 Å². The molecule has 29 heavy (non-hydrogen) atoms. The van der Waals surface area contributed by atoms with Gasteiger partial charge in [0.1, 0.15) is 11.5 Å². The lowest BCUT2D eigenvalue weighted by Gasteiger charge is -2.34. The predicted molar refractivity (Wildman–Crippen MR) is 113 cm³/mol. The molecule has 1 aromatic heterocycles. The van der Waals surface area contributed by atoms with Crippen LogP contribution in [0.15, 0.2) is 79.1 Å². The Morgan fingerprint density at radius 2 is 1.62 bits per heavy atom. The maximum absolute atomic E-state index is 12.8. The summed E-state index contributed by atoms with van der Waals surface area (Å²) < 4.78 is 5.74. The summed E-state index contributed by atoms with van der Waals surface area (Å²) in [7, 11) is 0. The van der Waals surface area contributed by atoms with Gasteiger partial charge in [-0.25, -0.2) is 0 Å². The van der Waals surface area contributed by atoms with Crippen LogP contribution in [0.25, 0.3) is 0 Å². The molecule has 0 bridgehead atoms. The van der Waals surface area contributed by atoms with Crippen LogP contribution >= 0.6 is 0 Å². The molecule has 2 heterocycles. The van der Waals surface area contributed by atoms with Crippen LogP contribution in [0, 0.1) is 0 Å². The zero-order valence-corrected chi connectivity index (χ0v) is 16.4. The van der Waals surface area contributed by atoms with Gasteiger partial charge in [-0.3, -0.25) is 14.7 Å². The SMILES string of the molecule is O=C(c1ccc(Oc2cccnc2)cc1)N1CCN(CCc2ccccc2)CC1. The molecule has 3 aromatic rings. The minimum Gasteiger partial charge on any atom is -0.456 e. The number of pyridine rings is 1. The van der Waals surface area contributed by atoms with E-state index in [1.807, 2.05) is 47.4 Å². The van der Waals surface area contributed by atoms with Gasteiger partial charge in [0.2, 0.25) is 0 Å². The normalized spacial score (nSPS) is 14.6. The molecule has 1 aliphatic rings. The molecule has 0 saturated carbocycles. The molecule has 0 atom stereocenters. The zero-order chi connectivity index (χ0) is 19.9. The van der Waals surface area contributed by atoms with Gasteiger partial charge in [0.25, 0.3) is 5.91 Å². The fourth-order valence-electron chi connectivity index (χ4n) is 3.50. The van der Waals surface area contributed by atoms with Crippen molar-refractivity contribution in [2.45, 2.75) is 6.42 Å². The minimum atomic E-state index is 0.0839. The molecule has 0 aliphatic carbocycles. The first-order valence-electron chi connectivity index (χ1n) is 10.0. The van der Waals surface area contributed by atoms with E-state index in [-0.39, 0.29) is 5.91 Å². The highest BCUT2D eigenvalue weighted by Crippen LogP contribution is 2.21. The molecule has 2 aromatic carbocycles. The van der Waals surface area contributed by atoms with Gasteiger partial charge in [0, 0.05) is 44.5 Å². The average molecular weight is 387 g/mol. The molecule has 1 saturated heterocycles. The number of piperazine rings is 1. The largest absolute Gasteiger partial charge is 0.456 e. The third kappa shape index (κ3) is 5.21. The van der Waals surface area contributed by atoms with Crippen LogP contribution in [0.2, 0.25) is 0 Å². The average Bonchev–Trinajstić information content (AvgIpc) is 2.79. The van der Waals surface area contributed by atoms with Crippen molar-refractivity contribution in [3.63, 3.8) is 0 Å². The summed E-state index contributed by atoms with van der Waals surface area (Å²) in [6.07, 6.45) is 4.42. The number of ether oxygens (including phenoxy) is 1. The van der Waals surface area contributed by atoms with Gasteiger partial charge in [-0.15, -0.1) is 0 Å². The quantitative estimate of drug-likeness (QED) is 0.644. The van der Waals surface area contributed by atoms with Crippen LogP contribution in [-0.2, 0) is 6.42 Å². The van der Waals surface area contributed by atoms with Gasteiger partial charge < -0.3 is 9.64 Å². The van der Waals surface area contributed by atoms with Crippen LogP contribution in [0.4, 0.5) is 0 Å². The molecular weight excluding hydrogens is 362 g/mol. The van der Waals surface area contributed by atoms with Gasteiger partial charge in [-0.05, 0) is 48.4 Å². The summed E-state index contributed by atoms with van der Waals surface area (Å²) in [6, 6.07) is 21.5. The van der Waals surface area contributed by atoms with Gasteiger partial charge in [0.05, 0.1) is 6.20 Å². The van der Waals surface area contributed by atoms with Crippen LogP contribution in [-0.4, -0.2) is 53.4 Å². The lowest BCUT2D eigenvalue weighted by Crippen LogP contribution is -2.49. The van der Waals surface area contributed by atoms with Crippen molar-refractivity contribution in [3.05, 3.63) is 90.3 Å². The first-order chi connectivity index (χ1) is 14.3. The molecule has 4 rings (SSSR count). The van der Waals surface area contributed by atoms with Crippen molar-refractivity contribution >= 4 is 5.91 Å². The van der Waals surface area contributed by atoms with Crippen molar-refractivity contribution in [2.24, 2.45) is 0 Å². The lowest BCUT2D eigenvalue weighted by atomic mass is 10.1. The molecule has 1 fully saturated rings. The number of rotatable bonds is 6. The van der Waals surface area contributed by atoms with E-state index in [2.05, 4.69) is 34.1 Å².